The number of nitrogens with zero attached hydrogens (tertiary/aromatic N) is 8. The number of hydrogen-bond acceptors (Lipinski definition) is 11. The first-order valence-electron chi connectivity index (χ1n) is 15.8. The van der Waals surface area contributed by atoms with Gasteiger partial charge in [-0.3, -0.25) is 9.69 Å². The highest BCUT2D eigenvalue weighted by atomic mass is 19.3. The van der Waals surface area contributed by atoms with Crippen molar-refractivity contribution >= 4 is 23.2 Å². The number of aromatic nitrogens is 5. The number of carbonyl (C=O) groups is 1. The molecule has 0 aliphatic carbocycles. The highest BCUT2D eigenvalue weighted by Gasteiger charge is 2.48. The number of aromatic amines is 1. The van der Waals surface area contributed by atoms with Crippen LogP contribution in [0.2, 0.25) is 0 Å². The minimum Gasteiger partial charge on any atom is -0.483 e. The minimum atomic E-state index is -3.34. The van der Waals surface area contributed by atoms with E-state index in [-0.39, 0.29) is 30.0 Å². The van der Waals surface area contributed by atoms with Crippen LogP contribution in [-0.4, -0.2) is 111 Å². The van der Waals surface area contributed by atoms with Gasteiger partial charge in [0.25, 0.3) is 5.91 Å². The van der Waals surface area contributed by atoms with E-state index in [4.69, 9.17) is 9.47 Å². The number of piperazine rings is 1. The number of halogens is 2. The van der Waals surface area contributed by atoms with Gasteiger partial charge < -0.3 is 29.6 Å². The zero-order valence-electron chi connectivity index (χ0n) is 26.2. The van der Waals surface area contributed by atoms with Crippen molar-refractivity contribution in [1.29, 1.82) is 5.26 Å². The molecule has 0 spiro atoms. The molecule has 248 valence electrons. The molecule has 1 amide bonds. The highest BCUT2D eigenvalue weighted by Crippen LogP contribution is 2.34. The van der Waals surface area contributed by atoms with Crippen LogP contribution in [-0.2, 0) is 4.74 Å². The summed E-state index contributed by atoms with van der Waals surface area (Å²) in [5.41, 5.74) is 2.63. The normalized spacial score (nSPS) is 21.3. The number of piperidine rings is 1. The van der Waals surface area contributed by atoms with Crippen LogP contribution in [0.3, 0.4) is 0 Å². The lowest BCUT2D eigenvalue weighted by molar-refractivity contribution is -0.132. The fourth-order valence-corrected chi connectivity index (χ4v) is 6.29. The number of nitriles is 1. The zero-order chi connectivity index (χ0) is 33.3. The Bertz CT molecular complexity index is 1800. The molecule has 1 unspecified atom stereocenters. The second-order valence-electron chi connectivity index (χ2n) is 12.2. The Morgan fingerprint density at radius 1 is 1.15 bits per heavy atom. The Hall–Kier alpha value is -5.20. The van der Waals surface area contributed by atoms with E-state index in [2.05, 4.69) is 59.1 Å². The van der Waals surface area contributed by atoms with Crippen molar-refractivity contribution in [1.82, 2.24) is 34.7 Å². The van der Waals surface area contributed by atoms with Crippen LogP contribution in [0.4, 0.5) is 26.1 Å². The summed E-state index contributed by atoms with van der Waals surface area (Å²) in [5.74, 6) is -3.28. The summed E-state index contributed by atoms with van der Waals surface area (Å²) in [7, 11) is 0. The minimum absolute atomic E-state index is 0.0135. The van der Waals surface area contributed by atoms with Gasteiger partial charge in [-0.15, -0.1) is 0 Å². The summed E-state index contributed by atoms with van der Waals surface area (Å²) in [5, 5.41) is 13.1. The second-order valence-corrected chi connectivity index (χ2v) is 12.2. The molecule has 2 aromatic heterocycles. The Balaban J connectivity index is 0.990. The molecule has 0 saturated carbocycles. The Kier molecular flexibility index (Phi) is 8.59. The van der Waals surface area contributed by atoms with Gasteiger partial charge in [-0.05, 0) is 49.4 Å². The average molecular weight is 657 g/mol. The third-order valence-electron chi connectivity index (χ3n) is 9.00. The number of hydrogen-bond donors (Lipinski definition) is 2. The van der Waals surface area contributed by atoms with Crippen molar-refractivity contribution in [2.24, 2.45) is 0 Å². The van der Waals surface area contributed by atoms with Gasteiger partial charge in [0.1, 0.15) is 23.8 Å². The molecule has 5 heterocycles. The number of rotatable bonds is 8. The molecule has 3 aliphatic heterocycles. The number of alkyl halides is 2. The first kappa shape index (κ1) is 31.4. The van der Waals surface area contributed by atoms with Crippen LogP contribution in [0, 0.1) is 11.3 Å². The number of H-pyrrole nitrogens is 1. The molecule has 2 N–H and O–H groups in total. The van der Waals surface area contributed by atoms with Gasteiger partial charge >= 0.3 is 5.92 Å². The van der Waals surface area contributed by atoms with Crippen LogP contribution >= 0.6 is 0 Å². The maximum atomic E-state index is 15.1. The van der Waals surface area contributed by atoms with Crippen molar-refractivity contribution < 1.29 is 23.0 Å². The fourth-order valence-electron chi connectivity index (χ4n) is 6.29. The molecule has 0 bridgehead atoms. The fraction of sp³-hybridized carbons (Fsp3) is 0.394. The van der Waals surface area contributed by atoms with Gasteiger partial charge in [0.05, 0.1) is 43.9 Å². The van der Waals surface area contributed by atoms with Crippen molar-refractivity contribution in [2.45, 2.75) is 37.5 Å². The number of amides is 1. The van der Waals surface area contributed by atoms with Crippen LogP contribution in [0.25, 0.3) is 11.4 Å². The molecule has 15 heteroatoms. The van der Waals surface area contributed by atoms with E-state index in [0.717, 1.165) is 49.1 Å². The first-order chi connectivity index (χ1) is 23.3. The molecule has 7 rings (SSSR count). The third kappa shape index (κ3) is 6.49. The Morgan fingerprint density at radius 3 is 2.67 bits per heavy atom. The van der Waals surface area contributed by atoms with E-state index in [1.54, 1.807) is 6.07 Å². The van der Waals surface area contributed by atoms with E-state index in [1.807, 2.05) is 18.2 Å². The van der Waals surface area contributed by atoms with Crippen LogP contribution < -0.4 is 15.0 Å². The zero-order valence-corrected chi connectivity index (χ0v) is 26.2. The largest absolute Gasteiger partial charge is 0.483 e. The number of benzene rings is 2. The van der Waals surface area contributed by atoms with E-state index < -0.39 is 24.5 Å². The maximum Gasteiger partial charge on any atom is 0.301 e. The molecule has 2 aromatic carbocycles. The summed E-state index contributed by atoms with van der Waals surface area (Å²) in [6, 6.07) is 15.6. The van der Waals surface area contributed by atoms with Crippen LogP contribution in [0.1, 0.15) is 29.4 Å². The monoisotopic (exact) mass is 656 g/mol. The van der Waals surface area contributed by atoms with Gasteiger partial charge in [0.15, 0.2) is 11.9 Å². The molecule has 13 nitrogen and oxygen atoms in total. The molecular weight excluding hydrogens is 622 g/mol. The topological polar surface area (TPSA) is 148 Å². The molecule has 3 fully saturated rings. The SMILES string of the molecule is C[C@H]1CN(C2COC2)CCN1c1ccc(Nc2ncnc(-c3ccc(OC4CCN(C(=O)c5cnc[nH]5)CC4(F)F)c(C#N)c3)n2)cc1. The molecule has 4 aromatic rings. The molecule has 3 saturated heterocycles. The lowest BCUT2D eigenvalue weighted by Gasteiger charge is -2.46. The summed E-state index contributed by atoms with van der Waals surface area (Å²) in [6.45, 7) is 6.10. The molecule has 48 heavy (non-hydrogen) atoms. The molecular formula is C33H34F2N10O3. The Labute approximate surface area is 275 Å². The molecule has 3 aliphatic rings. The van der Waals surface area contributed by atoms with Crippen LogP contribution in [0.5, 0.6) is 5.75 Å². The van der Waals surface area contributed by atoms with Gasteiger partial charge in [0, 0.05) is 55.6 Å². The van der Waals surface area contributed by atoms with Gasteiger partial charge in [-0.1, -0.05) is 0 Å². The summed E-state index contributed by atoms with van der Waals surface area (Å²) >= 11 is 0. The lowest BCUT2D eigenvalue weighted by atomic mass is 10.0. The smallest absolute Gasteiger partial charge is 0.301 e. The van der Waals surface area contributed by atoms with Crippen molar-refractivity contribution in [3.63, 3.8) is 0 Å². The predicted molar refractivity (Wildman–Crippen MR) is 171 cm³/mol. The van der Waals surface area contributed by atoms with Crippen molar-refractivity contribution in [2.75, 3.05) is 56.2 Å². The number of likely N-dealkylation sites (tertiary alicyclic amines) is 1. The number of carbonyl (C=O) groups excluding carboxylic acids is 1. The van der Waals surface area contributed by atoms with Gasteiger partial charge in [0.2, 0.25) is 5.95 Å². The average Bonchev–Trinajstić information content (AvgIpc) is 3.61. The predicted octanol–water partition coefficient (Wildman–Crippen LogP) is 3.72. The van der Waals surface area contributed by atoms with E-state index in [9.17, 15) is 10.1 Å². The number of imidazole rings is 1. The number of anilines is 3. The van der Waals surface area contributed by atoms with E-state index >= 15 is 8.78 Å². The molecule has 2 atom stereocenters. The maximum absolute atomic E-state index is 15.1. The number of ether oxygens (including phenoxy) is 2. The molecule has 0 radical (unpaired) electrons. The summed E-state index contributed by atoms with van der Waals surface area (Å²) in [4.78, 5) is 38.0. The van der Waals surface area contributed by atoms with Gasteiger partial charge in [-0.2, -0.15) is 10.2 Å². The second kappa shape index (κ2) is 13.1. The number of nitrogens with one attached hydrogen (secondary N) is 2. The van der Waals surface area contributed by atoms with Crippen molar-refractivity contribution in [3.05, 3.63) is 72.6 Å². The summed E-state index contributed by atoms with van der Waals surface area (Å²) in [6.07, 6.45) is 2.34. The van der Waals surface area contributed by atoms with Gasteiger partial charge in [-0.25, -0.2) is 23.7 Å². The van der Waals surface area contributed by atoms with E-state index in [1.165, 1.54) is 31.0 Å². The highest BCUT2D eigenvalue weighted by molar-refractivity contribution is 5.92. The van der Waals surface area contributed by atoms with Crippen molar-refractivity contribution in [3.8, 4) is 23.2 Å². The van der Waals surface area contributed by atoms with Crippen LogP contribution in [0.15, 0.2) is 61.3 Å². The first-order valence-corrected chi connectivity index (χ1v) is 15.8. The quantitative estimate of drug-likeness (QED) is 0.286. The third-order valence-corrected chi connectivity index (χ3v) is 9.00. The standard InChI is InChI=1S/C33H34F2N10O3/c1-21-15-43(26-16-47-17-26)10-11-45(21)25-5-3-24(4-6-25)41-32-40-20-39-30(42-32)22-2-7-28(23(12-22)13-36)48-29-8-9-44(18-33(29,34)35)31(46)27-14-37-19-38-27/h2-7,12,14,19-21,26,29H,8-11,15-18H2,1H3,(H,37,38)(H,39,40,41,42)/t21-,29?/m0/s1. The Morgan fingerprint density at radius 2 is 1.98 bits per heavy atom. The lowest BCUT2D eigenvalue weighted by Crippen LogP contribution is -2.59. The van der Waals surface area contributed by atoms with E-state index in [0.29, 0.717) is 29.4 Å². The summed E-state index contributed by atoms with van der Waals surface area (Å²) < 4.78 is 41.3.